The fraction of sp³-hybridized carbons (Fsp3) is 0.333. The first-order valence-electron chi connectivity index (χ1n) is 3.54. The van der Waals surface area contributed by atoms with Crippen LogP contribution in [-0.4, -0.2) is 15.8 Å². The molecular formula is C6H11N5O. The maximum Gasteiger partial charge on any atom is 0.239 e. The fourth-order valence-corrected chi connectivity index (χ4v) is 0.657. The lowest BCUT2D eigenvalue weighted by atomic mass is 10.5. The van der Waals surface area contributed by atoms with E-state index in [0.29, 0.717) is 12.1 Å². The summed E-state index contributed by atoms with van der Waals surface area (Å²) in [5.41, 5.74) is 13.7. The molecule has 0 atom stereocenters. The van der Waals surface area contributed by atoms with Crippen molar-refractivity contribution >= 4 is 17.4 Å². The summed E-state index contributed by atoms with van der Waals surface area (Å²) < 4.78 is 0. The summed E-state index contributed by atoms with van der Waals surface area (Å²) in [7, 11) is 0. The zero-order valence-corrected chi connectivity index (χ0v) is 6.74. The maximum atomic E-state index is 10.9. The summed E-state index contributed by atoms with van der Waals surface area (Å²) in [5, 5.41) is 3.74. The van der Waals surface area contributed by atoms with Gasteiger partial charge in [0.15, 0.2) is 5.82 Å². The number of anilines is 2. The molecule has 0 aliphatic carbocycles. The summed E-state index contributed by atoms with van der Waals surface area (Å²) in [6.45, 7) is 1.73. The molecule has 1 rings (SSSR count). The summed E-state index contributed by atoms with van der Waals surface area (Å²) >= 11 is 0. The molecule has 0 aliphatic rings. The van der Waals surface area contributed by atoms with Crippen LogP contribution in [0.3, 0.4) is 0 Å². The normalized spacial score (nSPS) is 9.75. The second-order valence-corrected chi connectivity index (χ2v) is 2.29. The minimum absolute atomic E-state index is 0.162. The van der Waals surface area contributed by atoms with Gasteiger partial charge in [-0.05, 0) is 0 Å². The zero-order valence-electron chi connectivity index (χ0n) is 6.74. The van der Waals surface area contributed by atoms with E-state index in [1.54, 1.807) is 6.92 Å². The smallest absolute Gasteiger partial charge is 0.239 e. The molecule has 5 N–H and O–H groups in total. The van der Waals surface area contributed by atoms with Crippen molar-refractivity contribution in [3.63, 3.8) is 0 Å². The quantitative estimate of drug-likeness (QED) is 0.557. The van der Waals surface area contributed by atoms with Crippen molar-refractivity contribution < 1.29 is 4.79 Å². The molecule has 0 bridgehead atoms. The Balaban J connectivity index is 2.76. The van der Waals surface area contributed by atoms with Crippen molar-refractivity contribution in [2.24, 2.45) is 0 Å². The molecule has 0 fully saturated rings. The van der Waals surface area contributed by atoms with Gasteiger partial charge in [0.25, 0.3) is 0 Å². The monoisotopic (exact) mass is 169 g/mol. The SMILES string of the molecule is CCC(=O)Nn1ncc(N)c1N. The molecular weight excluding hydrogens is 158 g/mol. The number of nitrogens with one attached hydrogen (secondary N) is 1. The highest BCUT2D eigenvalue weighted by molar-refractivity contribution is 5.84. The maximum absolute atomic E-state index is 10.9. The average molecular weight is 169 g/mol. The third-order valence-electron chi connectivity index (χ3n) is 1.39. The molecule has 6 heteroatoms. The van der Waals surface area contributed by atoms with Crippen molar-refractivity contribution in [1.29, 1.82) is 0 Å². The van der Waals surface area contributed by atoms with Crippen LogP contribution in [0.2, 0.25) is 0 Å². The molecule has 0 radical (unpaired) electrons. The Kier molecular flexibility index (Phi) is 2.18. The molecule has 0 aromatic carbocycles. The first-order chi connectivity index (χ1) is 5.65. The first kappa shape index (κ1) is 8.38. The van der Waals surface area contributed by atoms with Crippen LogP contribution in [0.25, 0.3) is 0 Å². The third kappa shape index (κ3) is 1.47. The van der Waals surface area contributed by atoms with Crippen LogP contribution in [0, 0.1) is 0 Å². The van der Waals surface area contributed by atoms with Gasteiger partial charge in [-0.2, -0.15) is 9.89 Å². The van der Waals surface area contributed by atoms with E-state index in [1.807, 2.05) is 0 Å². The highest BCUT2D eigenvalue weighted by Gasteiger charge is 2.05. The summed E-state index contributed by atoms with van der Waals surface area (Å²) in [5.74, 6) is 0.0848. The van der Waals surface area contributed by atoms with Crippen LogP contribution in [0.1, 0.15) is 13.3 Å². The standard InChI is InChI=1S/C6H11N5O/c1-2-5(12)10-11-6(8)4(7)3-9-11/h3H,2,7-8H2,1H3,(H,10,12). The van der Waals surface area contributed by atoms with Crippen LogP contribution in [0.5, 0.6) is 0 Å². The van der Waals surface area contributed by atoms with Gasteiger partial charge in [0.05, 0.1) is 11.9 Å². The lowest BCUT2D eigenvalue weighted by molar-refractivity contribution is -0.116. The number of nitrogens with zero attached hydrogens (tertiary/aromatic N) is 2. The Hall–Kier alpha value is -1.72. The Labute approximate surface area is 69.5 Å². The topological polar surface area (TPSA) is 99.0 Å². The van der Waals surface area contributed by atoms with Crippen LogP contribution >= 0.6 is 0 Å². The van der Waals surface area contributed by atoms with E-state index < -0.39 is 0 Å². The predicted molar refractivity (Wildman–Crippen MR) is 45.7 cm³/mol. The van der Waals surface area contributed by atoms with E-state index >= 15 is 0 Å². The lowest BCUT2D eigenvalue weighted by Gasteiger charge is -2.03. The van der Waals surface area contributed by atoms with Crippen LogP contribution in [0.15, 0.2) is 6.20 Å². The number of hydrogen-bond acceptors (Lipinski definition) is 4. The van der Waals surface area contributed by atoms with Gasteiger partial charge in [-0.3, -0.25) is 4.79 Å². The molecule has 1 aromatic rings. The number of nitrogen functional groups attached to an aromatic ring is 2. The molecule has 1 heterocycles. The van der Waals surface area contributed by atoms with Gasteiger partial charge >= 0.3 is 0 Å². The number of rotatable bonds is 2. The number of carbonyl (C=O) groups excluding carboxylic acids is 1. The van der Waals surface area contributed by atoms with Gasteiger partial charge in [-0.25, -0.2) is 5.43 Å². The number of aromatic nitrogens is 2. The van der Waals surface area contributed by atoms with E-state index in [4.69, 9.17) is 11.5 Å². The predicted octanol–water partition coefficient (Wildman–Crippen LogP) is -0.472. The Morgan fingerprint density at radius 2 is 2.42 bits per heavy atom. The van der Waals surface area contributed by atoms with E-state index in [1.165, 1.54) is 6.20 Å². The molecule has 0 unspecified atom stereocenters. The number of amides is 1. The lowest BCUT2D eigenvalue weighted by Crippen LogP contribution is -2.24. The number of hydrogen-bond donors (Lipinski definition) is 3. The molecule has 0 saturated heterocycles. The second-order valence-electron chi connectivity index (χ2n) is 2.29. The van der Waals surface area contributed by atoms with Crippen molar-refractivity contribution in [2.45, 2.75) is 13.3 Å². The summed E-state index contributed by atoms with van der Waals surface area (Å²) in [6, 6.07) is 0. The highest BCUT2D eigenvalue weighted by atomic mass is 16.2. The molecule has 0 aliphatic heterocycles. The fourth-order valence-electron chi connectivity index (χ4n) is 0.657. The molecule has 0 spiro atoms. The third-order valence-corrected chi connectivity index (χ3v) is 1.39. The van der Waals surface area contributed by atoms with E-state index in [0.717, 1.165) is 4.79 Å². The molecule has 6 nitrogen and oxygen atoms in total. The van der Waals surface area contributed by atoms with E-state index in [2.05, 4.69) is 10.5 Å². The van der Waals surface area contributed by atoms with Gasteiger partial charge in [0, 0.05) is 6.42 Å². The van der Waals surface area contributed by atoms with Gasteiger partial charge in [-0.1, -0.05) is 6.92 Å². The number of nitrogens with two attached hydrogens (primary N) is 2. The molecule has 66 valence electrons. The van der Waals surface area contributed by atoms with Crippen molar-refractivity contribution in [3.05, 3.63) is 6.20 Å². The summed E-state index contributed by atoms with van der Waals surface area (Å²) in [4.78, 5) is 12.0. The first-order valence-corrected chi connectivity index (χ1v) is 3.54. The van der Waals surface area contributed by atoms with Crippen molar-refractivity contribution in [3.8, 4) is 0 Å². The van der Waals surface area contributed by atoms with Crippen molar-refractivity contribution in [2.75, 3.05) is 16.9 Å². The van der Waals surface area contributed by atoms with Crippen LogP contribution in [-0.2, 0) is 4.79 Å². The van der Waals surface area contributed by atoms with Gasteiger partial charge in [0.2, 0.25) is 5.91 Å². The zero-order chi connectivity index (χ0) is 9.14. The molecule has 12 heavy (non-hydrogen) atoms. The van der Waals surface area contributed by atoms with Gasteiger partial charge in [-0.15, -0.1) is 0 Å². The van der Waals surface area contributed by atoms with Gasteiger partial charge in [0.1, 0.15) is 0 Å². The molecule has 0 saturated carbocycles. The number of carbonyl (C=O) groups is 1. The molecule has 1 aromatic heterocycles. The average Bonchev–Trinajstić information content (AvgIpc) is 2.36. The second kappa shape index (κ2) is 3.12. The van der Waals surface area contributed by atoms with E-state index in [9.17, 15) is 4.79 Å². The Morgan fingerprint density at radius 1 is 1.75 bits per heavy atom. The highest BCUT2D eigenvalue weighted by Crippen LogP contribution is 2.09. The minimum atomic E-state index is -0.162. The molecule has 1 amide bonds. The van der Waals surface area contributed by atoms with E-state index in [-0.39, 0.29) is 11.7 Å². The Bertz CT molecular complexity index is 292. The van der Waals surface area contributed by atoms with Crippen LogP contribution < -0.4 is 16.9 Å². The van der Waals surface area contributed by atoms with Crippen molar-refractivity contribution in [1.82, 2.24) is 9.89 Å². The minimum Gasteiger partial charge on any atom is -0.394 e. The van der Waals surface area contributed by atoms with Crippen LogP contribution in [0.4, 0.5) is 11.5 Å². The summed E-state index contributed by atoms with van der Waals surface area (Å²) in [6.07, 6.45) is 1.75. The Morgan fingerprint density at radius 3 is 2.83 bits per heavy atom. The largest absolute Gasteiger partial charge is 0.394 e. The van der Waals surface area contributed by atoms with Gasteiger partial charge < -0.3 is 11.5 Å².